The number of halogens is 2. The van der Waals surface area contributed by atoms with Crippen LogP contribution in [0.15, 0.2) is 10.7 Å². The van der Waals surface area contributed by atoms with Gasteiger partial charge in [-0.3, -0.25) is 4.68 Å². The summed E-state index contributed by atoms with van der Waals surface area (Å²) in [6, 6.07) is 0. The van der Waals surface area contributed by atoms with Gasteiger partial charge in [0.1, 0.15) is 0 Å². The molecule has 0 radical (unpaired) electrons. The van der Waals surface area contributed by atoms with Gasteiger partial charge in [-0.25, -0.2) is 0 Å². The molecule has 0 aliphatic rings. The number of aryl methyl sites for hydroxylation is 1. The smallest absolute Gasteiger partial charge is 0.0635 e. The highest BCUT2D eigenvalue weighted by atomic mass is 79.9. The molecular weight excluding hydrogens is 251 g/mol. The van der Waals surface area contributed by atoms with Crippen LogP contribution in [-0.4, -0.2) is 15.2 Å². The molecule has 0 saturated heterocycles. The maximum absolute atomic E-state index is 5.90. The number of alkyl halides is 1. The molecule has 1 atom stereocenters. The van der Waals surface area contributed by atoms with Gasteiger partial charge in [0.2, 0.25) is 0 Å². The van der Waals surface area contributed by atoms with Crippen molar-refractivity contribution in [2.24, 2.45) is 0 Å². The Kier molecular flexibility index (Phi) is 4.26. The van der Waals surface area contributed by atoms with Gasteiger partial charge in [0.15, 0.2) is 0 Å². The Morgan fingerprint density at radius 3 is 2.92 bits per heavy atom. The van der Waals surface area contributed by atoms with Gasteiger partial charge < -0.3 is 0 Å². The summed E-state index contributed by atoms with van der Waals surface area (Å²) < 4.78 is 3.09. The van der Waals surface area contributed by atoms with Crippen molar-refractivity contribution in [3.8, 4) is 0 Å². The van der Waals surface area contributed by atoms with Crippen LogP contribution in [0, 0.1) is 0 Å². The molecule has 1 unspecified atom stereocenters. The largest absolute Gasteiger partial charge is 0.269 e. The lowest BCUT2D eigenvalue weighted by Crippen LogP contribution is -2.05. The minimum atomic E-state index is 0.229. The average Bonchev–Trinajstić information content (AvgIpc) is 2.43. The predicted molar refractivity (Wildman–Crippen MR) is 59.2 cm³/mol. The van der Waals surface area contributed by atoms with Crippen molar-refractivity contribution in [3.63, 3.8) is 0 Å². The van der Waals surface area contributed by atoms with Crippen molar-refractivity contribution in [3.05, 3.63) is 16.4 Å². The third-order valence-corrected chi connectivity index (χ3v) is 2.86. The number of rotatable bonds is 4. The van der Waals surface area contributed by atoms with Gasteiger partial charge in [-0.2, -0.15) is 5.10 Å². The summed E-state index contributed by atoms with van der Waals surface area (Å²) in [6.45, 7) is 5.02. The monoisotopic (exact) mass is 264 g/mol. The van der Waals surface area contributed by atoms with E-state index in [2.05, 4.69) is 28.0 Å². The molecular formula is C9H14BrClN2. The van der Waals surface area contributed by atoms with Gasteiger partial charge in [-0.05, 0) is 42.6 Å². The first-order valence-electron chi connectivity index (χ1n) is 4.49. The standard InChI is InChI=1S/C9H14BrClN2/c1-3-13-9(5-4-7(2)11)8(10)6-12-13/h6-7H,3-5H2,1-2H3. The molecule has 74 valence electrons. The summed E-state index contributed by atoms with van der Waals surface area (Å²) in [6.07, 6.45) is 3.82. The summed E-state index contributed by atoms with van der Waals surface area (Å²) in [5, 5.41) is 4.47. The van der Waals surface area contributed by atoms with Gasteiger partial charge in [0.25, 0.3) is 0 Å². The quantitative estimate of drug-likeness (QED) is 0.764. The molecule has 0 bridgehead atoms. The molecule has 0 amide bonds. The summed E-state index contributed by atoms with van der Waals surface area (Å²) in [7, 11) is 0. The van der Waals surface area contributed by atoms with Crippen LogP contribution in [0.5, 0.6) is 0 Å². The van der Waals surface area contributed by atoms with Gasteiger partial charge in [0, 0.05) is 11.9 Å². The van der Waals surface area contributed by atoms with Crippen LogP contribution in [0.2, 0.25) is 0 Å². The lowest BCUT2D eigenvalue weighted by atomic mass is 10.2. The zero-order valence-corrected chi connectivity index (χ0v) is 10.3. The van der Waals surface area contributed by atoms with Gasteiger partial charge >= 0.3 is 0 Å². The second-order valence-electron chi connectivity index (χ2n) is 3.07. The summed E-state index contributed by atoms with van der Waals surface area (Å²) in [5.41, 5.74) is 1.25. The van der Waals surface area contributed by atoms with E-state index < -0.39 is 0 Å². The normalized spacial score (nSPS) is 13.2. The van der Waals surface area contributed by atoms with Crippen LogP contribution in [0.1, 0.15) is 26.0 Å². The molecule has 1 heterocycles. The Bertz CT molecular complexity index is 271. The molecule has 2 nitrogen and oxygen atoms in total. The van der Waals surface area contributed by atoms with Crippen LogP contribution < -0.4 is 0 Å². The minimum Gasteiger partial charge on any atom is -0.269 e. The molecule has 0 fully saturated rings. The first kappa shape index (κ1) is 11.1. The molecule has 1 aromatic heterocycles. The van der Waals surface area contributed by atoms with E-state index in [1.54, 1.807) is 0 Å². The van der Waals surface area contributed by atoms with Crippen LogP contribution in [0.25, 0.3) is 0 Å². The molecule has 0 spiro atoms. The topological polar surface area (TPSA) is 17.8 Å². The van der Waals surface area contributed by atoms with E-state index in [1.165, 1.54) is 5.69 Å². The van der Waals surface area contributed by atoms with E-state index in [9.17, 15) is 0 Å². The number of hydrogen-bond donors (Lipinski definition) is 0. The number of nitrogens with zero attached hydrogens (tertiary/aromatic N) is 2. The third kappa shape index (κ3) is 2.99. The summed E-state index contributed by atoms with van der Waals surface area (Å²) in [4.78, 5) is 0. The third-order valence-electron chi connectivity index (χ3n) is 1.98. The van der Waals surface area contributed by atoms with Crippen molar-refractivity contribution in [1.82, 2.24) is 9.78 Å². The van der Waals surface area contributed by atoms with Gasteiger partial charge in [0.05, 0.1) is 16.4 Å². The zero-order chi connectivity index (χ0) is 9.84. The molecule has 1 aromatic rings. The fourth-order valence-corrected chi connectivity index (χ4v) is 1.85. The highest BCUT2D eigenvalue weighted by Gasteiger charge is 2.08. The second kappa shape index (κ2) is 5.01. The highest BCUT2D eigenvalue weighted by molar-refractivity contribution is 9.10. The fraction of sp³-hybridized carbons (Fsp3) is 0.667. The van der Waals surface area contributed by atoms with Crippen LogP contribution in [0.3, 0.4) is 0 Å². The van der Waals surface area contributed by atoms with E-state index >= 15 is 0 Å². The van der Waals surface area contributed by atoms with Crippen molar-refractivity contribution >= 4 is 27.5 Å². The highest BCUT2D eigenvalue weighted by Crippen LogP contribution is 2.19. The van der Waals surface area contributed by atoms with E-state index in [0.29, 0.717) is 0 Å². The molecule has 0 aliphatic carbocycles. The molecule has 13 heavy (non-hydrogen) atoms. The summed E-state index contributed by atoms with van der Waals surface area (Å²) >= 11 is 9.38. The maximum Gasteiger partial charge on any atom is 0.0635 e. The van der Waals surface area contributed by atoms with Crippen molar-refractivity contribution in [2.75, 3.05) is 0 Å². The second-order valence-corrected chi connectivity index (χ2v) is 4.67. The van der Waals surface area contributed by atoms with E-state index in [0.717, 1.165) is 23.9 Å². The number of aromatic nitrogens is 2. The lowest BCUT2D eigenvalue weighted by molar-refractivity contribution is 0.607. The Labute approximate surface area is 92.4 Å². The molecule has 0 saturated carbocycles. The lowest BCUT2D eigenvalue weighted by Gasteiger charge is -2.06. The average molecular weight is 266 g/mol. The Balaban J connectivity index is 2.68. The molecule has 0 N–H and O–H groups in total. The van der Waals surface area contributed by atoms with Crippen LogP contribution >= 0.6 is 27.5 Å². The maximum atomic E-state index is 5.90. The fourth-order valence-electron chi connectivity index (χ4n) is 1.24. The van der Waals surface area contributed by atoms with Crippen molar-refractivity contribution in [1.29, 1.82) is 0 Å². The number of hydrogen-bond acceptors (Lipinski definition) is 1. The SMILES string of the molecule is CCn1ncc(Br)c1CCC(C)Cl. The zero-order valence-electron chi connectivity index (χ0n) is 7.93. The minimum absolute atomic E-state index is 0.229. The van der Waals surface area contributed by atoms with Crippen molar-refractivity contribution in [2.45, 2.75) is 38.6 Å². The van der Waals surface area contributed by atoms with Gasteiger partial charge in [-0.15, -0.1) is 11.6 Å². The van der Waals surface area contributed by atoms with Crippen LogP contribution in [-0.2, 0) is 13.0 Å². The Morgan fingerprint density at radius 1 is 1.69 bits per heavy atom. The van der Waals surface area contributed by atoms with Crippen LogP contribution in [0.4, 0.5) is 0 Å². The van der Waals surface area contributed by atoms with Gasteiger partial charge in [-0.1, -0.05) is 0 Å². The molecule has 1 rings (SSSR count). The predicted octanol–water partition coefficient (Wildman–Crippen LogP) is 3.23. The Hall–Kier alpha value is -0.0200. The Morgan fingerprint density at radius 2 is 2.38 bits per heavy atom. The molecule has 4 heteroatoms. The molecule has 0 aliphatic heterocycles. The van der Waals surface area contributed by atoms with E-state index in [-0.39, 0.29) is 5.38 Å². The van der Waals surface area contributed by atoms with E-state index in [1.807, 2.05) is 17.8 Å². The first-order valence-corrected chi connectivity index (χ1v) is 5.72. The molecule has 0 aromatic carbocycles. The van der Waals surface area contributed by atoms with Crippen molar-refractivity contribution < 1.29 is 0 Å². The van der Waals surface area contributed by atoms with E-state index in [4.69, 9.17) is 11.6 Å². The summed E-state index contributed by atoms with van der Waals surface area (Å²) in [5.74, 6) is 0. The first-order chi connectivity index (χ1) is 6.15.